The van der Waals surface area contributed by atoms with Crippen LogP contribution in [0.1, 0.15) is 87.8 Å². The normalized spacial score (nSPS) is 12.2. The molecular weight excluding hydrogens is 372 g/mol. The van der Waals surface area contributed by atoms with E-state index in [4.69, 9.17) is 15.5 Å². The van der Waals surface area contributed by atoms with Crippen molar-refractivity contribution in [3.05, 3.63) is 52.3 Å². The van der Waals surface area contributed by atoms with E-state index in [9.17, 15) is 4.79 Å². The van der Waals surface area contributed by atoms with E-state index in [1.807, 2.05) is 20.8 Å². The molecule has 0 unspecified atom stereocenters. The van der Waals surface area contributed by atoms with Crippen molar-refractivity contribution in [2.24, 2.45) is 11.1 Å². The Kier molecular flexibility index (Phi) is 7.46. The summed E-state index contributed by atoms with van der Waals surface area (Å²) >= 11 is 0. The maximum absolute atomic E-state index is 13.4. The Morgan fingerprint density at radius 2 is 1.63 bits per heavy atom. The number of aromatic nitrogens is 1. The smallest absolute Gasteiger partial charge is 0.341 e. The van der Waals surface area contributed by atoms with Crippen molar-refractivity contribution in [1.29, 1.82) is 0 Å². The molecule has 2 rings (SSSR count). The highest BCUT2D eigenvalue weighted by atomic mass is 16.6. The minimum Gasteiger partial charge on any atom is -0.456 e. The molecule has 0 bridgehead atoms. The van der Waals surface area contributed by atoms with Crippen molar-refractivity contribution >= 4 is 5.97 Å². The van der Waals surface area contributed by atoms with Crippen LogP contribution in [0.15, 0.2) is 24.3 Å². The number of ether oxygens (including phenoxy) is 1. The fourth-order valence-electron chi connectivity index (χ4n) is 3.60. The lowest BCUT2D eigenvalue weighted by molar-refractivity contribution is 0.00686. The van der Waals surface area contributed by atoms with E-state index in [1.165, 1.54) is 5.56 Å². The van der Waals surface area contributed by atoms with Crippen molar-refractivity contribution in [3.63, 3.8) is 0 Å². The molecule has 0 amide bonds. The summed E-state index contributed by atoms with van der Waals surface area (Å²) in [4.78, 5) is 18.4. The highest BCUT2D eigenvalue weighted by Crippen LogP contribution is 2.35. The molecule has 0 aliphatic heterocycles. The monoisotopic (exact) mass is 410 g/mol. The molecule has 30 heavy (non-hydrogen) atoms. The lowest BCUT2D eigenvalue weighted by atomic mass is 9.84. The Morgan fingerprint density at radius 3 is 2.10 bits per heavy atom. The SMILES string of the molecule is CCCc1nc(CC(C)(C)C)c(CN)c(-c2ccc(C)cc2)c1C(=O)OC(C)(C)C. The Balaban J connectivity index is 2.88. The molecule has 0 spiro atoms. The van der Waals surface area contributed by atoms with Crippen molar-refractivity contribution in [1.82, 2.24) is 4.98 Å². The number of carbonyl (C=O) groups excluding carboxylic acids is 1. The van der Waals surface area contributed by atoms with Gasteiger partial charge in [0.05, 0.1) is 11.3 Å². The molecule has 0 aliphatic rings. The zero-order valence-corrected chi connectivity index (χ0v) is 20.0. The van der Waals surface area contributed by atoms with Crippen LogP contribution in [0.25, 0.3) is 11.1 Å². The van der Waals surface area contributed by atoms with Gasteiger partial charge >= 0.3 is 5.97 Å². The quantitative estimate of drug-likeness (QED) is 0.592. The Hall–Kier alpha value is -2.20. The summed E-state index contributed by atoms with van der Waals surface area (Å²) in [5, 5.41) is 0. The van der Waals surface area contributed by atoms with Gasteiger partial charge in [0.1, 0.15) is 5.60 Å². The van der Waals surface area contributed by atoms with Crippen LogP contribution in [0.2, 0.25) is 0 Å². The molecule has 1 heterocycles. The summed E-state index contributed by atoms with van der Waals surface area (Å²) in [7, 11) is 0. The third-order valence-electron chi connectivity index (χ3n) is 4.79. The number of hydrogen-bond donors (Lipinski definition) is 1. The second-order valence-electron chi connectivity index (χ2n) is 10.3. The van der Waals surface area contributed by atoms with Crippen LogP contribution in [0.3, 0.4) is 0 Å². The van der Waals surface area contributed by atoms with Crippen LogP contribution < -0.4 is 5.73 Å². The van der Waals surface area contributed by atoms with Crippen molar-refractivity contribution in [2.75, 3.05) is 0 Å². The minimum atomic E-state index is -0.585. The fourth-order valence-corrected chi connectivity index (χ4v) is 3.60. The summed E-state index contributed by atoms with van der Waals surface area (Å²) in [5.74, 6) is -0.328. The number of aryl methyl sites for hydroxylation is 2. The van der Waals surface area contributed by atoms with Gasteiger partial charge in [-0.1, -0.05) is 63.9 Å². The summed E-state index contributed by atoms with van der Waals surface area (Å²) < 4.78 is 5.82. The predicted octanol–water partition coefficient (Wildman–Crippen LogP) is 6.01. The highest BCUT2D eigenvalue weighted by molar-refractivity contribution is 5.99. The first-order chi connectivity index (χ1) is 13.9. The van der Waals surface area contributed by atoms with Gasteiger partial charge in [0.2, 0.25) is 0 Å². The lowest BCUT2D eigenvalue weighted by Crippen LogP contribution is -2.27. The average Bonchev–Trinajstić information content (AvgIpc) is 2.59. The van der Waals surface area contributed by atoms with Gasteiger partial charge in [0.25, 0.3) is 0 Å². The molecule has 4 heteroatoms. The van der Waals surface area contributed by atoms with Gasteiger partial charge in [-0.05, 0) is 57.1 Å². The van der Waals surface area contributed by atoms with Gasteiger partial charge < -0.3 is 10.5 Å². The summed E-state index contributed by atoms with van der Waals surface area (Å²) in [6.07, 6.45) is 2.41. The third-order valence-corrected chi connectivity index (χ3v) is 4.79. The summed E-state index contributed by atoms with van der Waals surface area (Å²) in [5.41, 5.74) is 12.1. The fraction of sp³-hybridized carbons (Fsp3) is 0.538. The first-order valence-corrected chi connectivity index (χ1v) is 10.9. The van der Waals surface area contributed by atoms with Gasteiger partial charge in [-0.25, -0.2) is 4.79 Å². The Labute approximate surface area is 182 Å². The third kappa shape index (κ3) is 6.15. The van der Waals surface area contributed by atoms with E-state index in [-0.39, 0.29) is 11.4 Å². The van der Waals surface area contributed by atoms with Gasteiger partial charge in [0.15, 0.2) is 0 Å². The number of carbonyl (C=O) groups is 1. The number of benzene rings is 1. The largest absolute Gasteiger partial charge is 0.456 e. The molecule has 0 radical (unpaired) electrons. The first kappa shape index (κ1) is 24.1. The maximum Gasteiger partial charge on any atom is 0.341 e. The van der Waals surface area contributed by atoms with Gasteiger partial charge in [-0.15, -0.1) is 0 Å². The van der Waals surface area contributed by atoms with Gasteiger partial charge in [-0.3, -0.25) is 4.98 Å². The maximum atomic E-state index is 13.4. The summed E-state index contributed by atoms with van der Waals surface area (Å²) in [6.45, 7) is 16.7. The van der Waals surface area contributed by atoms with Crippen LogP contribution in [0, 0.1) is 12.3 Å². The van der Waals surface area contributed by atoms with Crippen molar-refractivity contribution < 1.29 is 9.53 Å². The lowest BCUT2D eigenvalue weighted by Gasteiger charge is -2.26. The van der Waals surface area contributed by atoms with E-state index in [0.717, 1.165) is 47.3 Å². The molecule has 0 aliphatic carbocycles. The number of esters is 1. The predicted molar refractivity (Wildman–Crippen MR) is 125 cm³/mol. The number of rotatable bonds is 6. The van der Waals surface area contributed by atoms with Crippen LogP contribution >= 0.6 is 0 Å². The van der Waals surface area contributed by atoms with E-state index >= 15 is 0 Å². The van der Waals surface area contributed by atoms with Crippen LogP contribution in [0.5, 0.6) is 0 Å². The molecule has 2 N–H and O–H groups in total. The standard InChI is InChI=1S/C26H38N2O2/c1-9-10-20-23(24(29)30-26(6,7)8)22(18-13-11-17(2)12-14-18)19(16-27)21(28-20)15-25(3,4)5/h11-14H,9-10,15-16,27H2,1-8H3. The second-order valence-corrected chi connectivity index (χ2v) is 10.3. The minimum absolute atomic E-state index is 0.0540. The van der Waals surface area contributed by atoms with E-state index in [1.54, 1.807) is 0 Å². The molecular formula is C26H38N2O2. The van der Waals surface area contributed by atoms with E-state index < -0.39 is 5.60 Å². The molecule has 4 nitrogen and oxygen atoms in total. The Morgan fingerprint density at radius 1 is 1.03 bits per heavy atom. The van der Waals surface area contributed by atoms with Crippen molar-refractivity contribution in [2.45, 2.75) is 86.8 Å². The van der Waals surface area contributed by atoms with Gasteiger partial charge in [-0.2, -0.15) is 0 Å². The Bertz CT molecular complexity index is 885. The van der Waals surface area contributed by atoms with E-state index in [0.29, 0.717) is 12.1 Å². The topological polar surface area (TPSA) is 65.2 Å². The summed E-state index contributed by atoms with van der Waals surface area (Å²) in [6, 6.07) is 8.26. The molecule has 1 aromatic carbocycles. The second kappa shape index (κ2) is 9.30. The first-order valence-electron chi connectivity index (χ1n) is 10.9. The molecule has 0 saturated heterocycles. The van der Waals surface area contributed by atoms with Gasteiger partial charge in [0, 0.05) is 17.8 Å². The molecule has 0 atom stereocenters. The van der Waals surface area contributed by atoms with E-state index in [2.05, 4.69) is 58.9 Å². The zero-order chi connectivity index (χ0) is 22.7. The highest BCUT2D eigenvalue weighted by Gasteiger charge is 2.29. The van der Waals surface area contributed by atoms with Crippen LogP contribution in [-0.4, -0.2) is 16.6 Å². The molecule has 0 saturated carbocycles. The average molecular weight is 411 g/mol. The van der Waals surface area contributed by atoms with Crippen molar-refractivity contribution in [3.8, 4) is 11.1 Å². The number of pyridine rings is 1. The molecule has 0 fully saturated rings. The number of hydrogen-bond acceptors (Lipinski definition) is 4. The molecule has 1 aromatic heterocycles. The van der Waals surface area contributed by atoms with Crippen LogP contribution in [-0.2, 0) is 24.1 Å². The zero-order valence-electron chi connectivity index (χ0n) is 20.0. The molecule has 2 aromatic rings. The number of nitrogens with two attached hydrogens (primary N) is 1. The number of nitrogens with zero attached hydrogens (tertiary/aromatic N) is 1. The molecule has 164 valence electrons. The van der Waals surface area contributed by atoms with Crippen LogP contribution in [0.4, 0.5) is 0 Å².